The van der Waals surface area contributed by atoms with Crippen LogP contribution in [0.3, 0.4) is 0 Å². The molecule has 0 unspecified atom stereocenters. The van der Waals surface area contributed by atoms with Crippen LogP contribution in [0.15, 0.2) is 66.7 Å². The number of hydrogen-bond donors (Lipinski definition) is 0. The minimum atomic E-state index is 0.696. The molecule has 0 aliphatic carbocycles. The Hall–Kier alpha value is -3.33. The Balaban J connectivity index is 2.00. The Bertz CT molecular complexity index is 1080. The fourth-order valence-corrected chi connectivity index (χ4v) is 3.55. The molecule has 0 saturated heterocycles. The molecule has 0 spiro atoms. The number of benzene rings is 3. The van der Waals surface area contributed by atoms with Crippen molar-refractivity contribution in [1.29, 1.82) is 0 Å². The third-order valence-corrected chi connectivity index (χ3v) is 5.28. The zero-order chi connectivity index (χ0) is 19.7. The van der Waals surface area contributed by atoms with Crippen molar-refractivity contribution in [1.82, 2.24) is 15.0 Å². The van der Waals surface area contributed by atoms with Gasteiger partial charge in [0.1, 0.15) is 0 Å². The number of rotatable bonds is 3. The van der Waals surface area contributed by atoms with Crippen LogP contribution in [-0.2, 0) is 0 Å². The maximum Gasteiger partial charge on any atom is 0.164 e. The molecule has 0 aliphatic rings. The molecule has 3 heteroatoms. The van der Waals surface area contributed by atoms with E-state index in [0.717, 1.165) is 22.5 Å². The highest BCUT2D eigenvalue weighted by Crippen LogP contribution is 2.31. The second kappa shape index (κ2) is 7.35. The lowest BCUT2D eigenvalue weighted by molar-refractivity contribution is 1.06. The van der Waals surface area contributed by atoms with Crippen molar-refractivity contribution in [2.75, 3.05) is 0 Å². The van der Waals surface area contributed by atoms with Crippen molar-refractivity contribution in [3.8, 4) is 34.2 Å². The predicted octanol–water partition coefficient (Wildman–Crippen LogP) is 6.11. The summed E-state index contributed by atoms with van der Waals surface area (Å²) < 4.78 is 0. The van der Waals surface area contributed by atoms with E-state index in [1.54, 1.807) is 0 Å². The molecule has 0 amide bonds. The molecule has 1 aromatic heterocycles. The average molecular weight is 365 g/mol. The van der Waals surface area contributed by atoms with Crippen LogP contribution in [0, 0.1) is 27.7 Å². The van der Waals surface area contributed by atoms with Crippen LogP contribution in [0.5, 0.6) is 0 Å². The summed E-state index contributed by atoms with van der Waals surface area (Å²) in [5.74, 6) is 2.12. The highest BCUT2D eigenvalue weighted by atomic mass is 15.0. The Morgan fingerprint density at radius 1 is 0.500 bits per heavy atom. The lowest BCUT2D eigenvalue weighted by atomic mass is 9.94. The summed E-state index contributed by atoms with van der Waals surface area (Å²) in [5, 5.41) is 0. The molecule has 0 bridgehead atoms. The van der Waals surface area contributed by atoms with Gasteiger partial charge in [-0.2, -0.15) is 0 Å². The molecule has 138 valence electrons. The van der Waals surface area contributed by atoms with Crippen molar-refractivity contribution >= 4 is 0 Å². The molecule has 0 atom stereocenters. The van der Waals surface area contributed by atoms with Gasteiger partial charge in [-0.05, 0) is 49.9 Å². The molecule has 4 rings (SSSR count). The maximum atomic E-state index is 4.87. The van der Waals surface area contributed by atoms with E-state index < -0.39 is 0 Å². The number of hydrogen-bond acceptors (Lipinski definition) is 3. The number of nitrogens with zero attached hydrogens (tertiary/aromatic N) is 3. The van der Waals surface area contributed by atoms with Gasteiger partial charge in [0.15, 0.2) is 17.5 Å². The van der Waals surface area contributed by atoms with Crippen molar-refractivity contribution in [3.63, 3.8) is 0 Å². The minimum absolute atomic E-state index is 0.696. The molecule has 3 aromatic carbocycles. The first-order valence-corrected chi connectivity index (χ1v) is 9.49. The third kappa shape index (κ3) is 3.31. The largest absolute Gasteiger partial charge is 0.208 e. The maximum absolute atomic E-state index is 4.87. The topological polar surface area (TPSA) is 38.7 Å². The zero-order valence-electron chi connectivity index (χ0n) is 16.7. The molecule has 0 saturated carbocycles. The first-order chi connectivity index (χ1) is 13.5. The summed E-state index contributed by atoms with van der Waals surface area (Å²) >= 11 is 0. The van der Waals surface area contributed by atoms with E-state index >= 15 is 0 Å². The van der Waals surface area contributed by atoms with E-state index in [2.05, 4.69) is 33.8 Å². The Kier molecular flexibility index (Phi) is 4.74. The van der Waals surface area contributed by atoms with Gasteiger partial charge in [-0.15, -0.1) is 0 Å². The highest BCUT2D eigenvalue weighted by molar-refractivity contribution is 5.71. The standard InChI is InChI=1S/C25H23N3/c1-16-15-17(2)22(19(4)18(16)3)25-27-23(20-11-7-5-8-12-20)26-24(28-25)21-13-9-6-10-14-21/h5-15H,1-4H3. The van der Waals surface area contributed by atoms with Gasteiger partial charge in [-0.25, -0.2) is 15.0 Å². The molecule has 3 nitrogen and oxygen atoms in total. The lowest BCUT2D eigenvalue weighted by Crippen LogP contribution is -2.03. The molecule has 28 heavy (non-hydrogen) atoms. The monoisotopic (exact) mass is 365 g/mol. The van der Waals surface area contributed by atoms with E-state index in [9.17, 15) is 0 Å². The van der Waals surface area contributed by atoms with Crippen LogP contribution in [0.2, 0.25) is 0 Å². The van der Waals surface area contributed by atoms with Gasteiger partial charge in [-0.3, -0.25) is 0 Å². The number of aryl methyl sites for hydroxylation is 2. The summed E-state index contributed by atoms with van der Waals surface area (Å²) in [7, 11) is 0. The van der Waals surface area contributed by atoms with Crippen LogP contribution >= 0.6 is 0 Å². The molecule has 0 radical (unpaired) electrons. The SMILES string of the molecule is Cc1cc(C)c(-c2nc(-c3ccccc3)nc(-c3ccccc3)n2)c(C)c1C. The molecule has 1 heterocycles. The van der Waals surface area contributed by atoms with Gasteiger partial charge in [0, 0.05) is 16.7 Å². The summed E-state index contributed by atoms with van der Waals surface area (Å²) in [5.41, 5.74) is 8.05. The van der Waals surface area contributed by atoms with Crippen molar-refractivity contribution < 1.29 is 0 Å². The zero-order valence-corrected chi connectivity index (χ0v) is 16.7. The lowest BCUT2D eigenvalue weighted by Gasteiger charge is -2.15. The Morgan fingerprint density at radius 3 is 1.46 bits per heavy atom. The van der Waals surface area contributed by atoms with Crippen molar-refractivity contribution in [2.45, 2.75) is 27.7 Å². The van der Waals surface area contributed by atoms with E-state index in [-0.39, 0.29) is 0 Å². The normalized spacial score (nSPS) is 10.9. The molecule has 0 fully saturated rings. The second-order valence-electron chi connectivity index (χ2n) is 7.17. The first kappa shape index (κ1) is 18.1. The average Bonchev–Trinajstić information content (AvgIpc) is 2.73. The second-order valence-corrected chi connectivity index (χ2v) is 7.17. The van der Waals surface area contributed by atoms with Gasteiger partial charge in [0.25, 0.3) is 0 Å². The van der Waals surface area contributed by atoms with Crippen molar-refractivity contribution in [2.24, 2.45) is 0 Å². The minimum Gasteiger partial charge on any atom is -0.208 e. The van der Waals surface area contributed by atoms with Gasteiger partial charge in [0.2, 0.25) is 0 Å². The predicted molar refractivity (Wildman–Crippen MR) is 115 cm³/mol. The van der Waals surface area contributed by atoms with E-state index in [1.807, 2.05) is 60.7 Å². The summed E-state index contributed by atoms with van der Waals surface area (Å²) in [6, 6.07) is 22.4. The molecule has 4 aromatic rings. The van der Waals surface area contributed by atoms with Crippen LogP contribution in [0.4, 0.5) is 0 Å². The highest BCUT2D eigenvalue weighted by Gasteiger charge is 2.16. The van der Waals surface area contributed by atoms with Crippen LogP contribution in [0.25, 0.3) is 34.2 Å². The molecular weight excluding hydrogens is 342 g/mol. The molecular formula is C25H23N3. The Morgan fingerprint density at radius 2 is 0.964 bits per heavy atom. The third-order valence-electron chi connectivity index (χ3n) is 5.28. The first-order valence-electron chi connectivity index (χ1n) is 9.49. The van der Waals surface area contributed by atoms with Crippen LogP contribution in [0.1, 0.15) is 22.3 Å². The number of aromatic nitrogens is 3. The fourth-order valence-electron chi connectivity index (χ4n) is 3.55. The van der Waals surface area contributed by atoms with Gasteiger partial charge >= 0.3 is 0 Å². The van der Waals surface area contributed by atoms with Crippen molar-refractivity contribution in [3.05, 3.63) is 89.0 Å². The van der Waals surface area contributed by atoms with Crippen LogP contribution in [-0.4, -0.2) is 15.0 Å². The van der Waals surface area contributed by atoms with E-state index in [0.29, 0.717) is 11.6 Å². The van der Waals surface area contributed by atoms with Gasteiger partial charge in [-0.1, -0.05) is 66.7 Å². The summed E-state index contributed by atoms with van der Waals surface area (Å²) in [6.45, 7) is 8.59. The molecule has 0 N–H and O–H groups in total. The molecule has 0 aliphatic heterocycles. The van der Waals surface area contributed by atoms with E-state index in [4.69, 9.17) is 15.0 Å². The van der Waals surface area contributed by atoms with Crippen LogP contribution < -0.4 is 0 Å². The van der Waals surface area contributed by atoms with Gasteiger partial charge < -0.3 is 0 Å². The van der Waals surface area contributed by atoms with Gasteiger partial charge in [0.05, 0.1) is 0 Å². The fraction of sp³-hybridized carbons (Fsp3) is 0.160. The Labute approximate surface area is 166 Å². The van der Waals surface area contributed by atoms with E-state index in [1.165, 1.54) is 22.3 Å². The smallest absolute Gasteiger partial charge is 0.164 e. The summed E-state index contributed by atoms with van der Waals surface area (Å²) in [4.78, 5) is 14.5. The quantitative estimate of drug-likeness (QED) is 0.440. The summed E-state index contributed by atoms with van der Waals surface area (Å²) in [6.07, 6.45) is 0.